The predicted molar refractivity (Wildman–Crippen MR) is 106 cm³/mol. The highest BCUT2D eigenvalue weighted by molar-refractivity contribution is 6.10. The Balaban J connectivity index is 1.65. The van der Waals surface area contributed by atoms with Crippen molar-refractivity contribution in [1.29, 1.82) is 0 Å². The molecule has 0 unspecified atom stereocenters. The molecule has 1 saturated heterocycles. The van der Waals surface area contributed by atoms with Gasteiger partial charge in [0.2, 0.25) is 5.78 Å². The molecule has 1 fully saturated rings. The van der Waals surface area contributed by atoms with Crippen LogP contribution < -0.4 is 4.74 Å². The number of aromatic nitrogens is 1. The molecule has 0 aliphatic carbocycles. The van der Waals surface area contributed by atoms with Gasteiger partial charge in [0, 0.05) is 42.6 Å². The number of ketones is 1. The largest absolute Gasteiger partial charge is 0.497 e. The number of carbonyl (C=O) groups is 1. The van der Waals surface area contributed by atoms with Gasteiger partial charge < -0.3 is 14.0 Å². The molecule has 0 spiro atoms. The third-order valence-corrected chi connectivity index (χ3v) is 5.14. The minimum atomic E-state index is 0.0378. The van der Waals surface area contributed by atoms with Crippen LogP contribution in [0.4, 0.5) is 0 Å². The van der Waals surface area contributed by atoms with Crippen LogP contribution in [0.1, 0.15) is 16.1 Å². The zero-order valence-corrected chi connectivity index (χ0v) is 15.6. The van der Waals surface area contributed by atoms with Crippen molar-refractivity contribution in [2.24, 2.45) is 0 Å². The van der Waals surface area contributed by atoms with Gasteiger partial charge in [0.1, 0.15) is 5.75 Å². The van der Waals surface area contributed by atoms with E-state index in [9.17, 15) is 4.79 Å². The maximum Gasteiger partial charge on any atom is 0.209 e. The molecule has 27 heavy (non-hydrogen) atoms. The Kier molecular flexibility index (Phi) is 5.23. The molecule has 3 aromatic rings. The van der Waals surface area contributed by atoms with Crippen LogP contribution in [0.15, 0.2) is 54.6 Å². The molecule has 1 aromatic heterocycles. The molecule has 140 valence electrons. The van der Waals surface area contributed by atoms with Crippen LogP contribution in [0.3, 0.4) is 0 Å². The third-order valence-electron chi connectivity index (χ3n) is 5.14. The molecular weight excluding hydrogens is 340 g/mol. The van der Waals surface area contributed by atoms with Crippen molar-refractivity contribution in [1.82, 2.24) is 9.47 Å². The molecule has 5 heteroatoms. The normalized spacial score (nSPS) is 15.1. The van der Waals surface area contributed by atoms with Crippen LogP contribution in [0.2, 0.25) is 0 Å². The number of nitrogens with zero attached hydrogens (tertiary/aromatic N) is 2. The number of para-hydroxylation sites is 1. The average molecular weight is 364 g/mol. The molecule has 4 rings (SSSR count). The van der Waals surface area contributed by atoms with Crippen molar-refractivity contribution in [3.05, 3.63) is 65.9 Å². The number of fused-ring (bicyclic) bond motifs is 1. The summed E-state index contributed by atoms with van der Waals surface area (Å²) in [4.78, 5) is 15.6. The summed E-state index contributed by atoms with van der Waals surface area (Å²) in [5.41, 5.74) is 2.50. The number of ether oxygens (including phenoxy) is 2. The number of rotatable bonds is 6. The molecular formula is C22H24N2O3. The number of hydrogen-bond acceptors (Lipinski definition) is 4. The van der Waals surface area contributed by atoms with Crippen LogP contribution >= 0.6 is 0 Å². The Bertz CT molecular complexity index is 924. The molecule has 0 amide bonds. The molecule has 0 N–H and O–H groups in total. The molecule has 0 radical (unpaired) electrons. The first-order valence-corrected chi connectivity index (χ1v) is 9.33. The van der Waals surface area contributed by atoms with Gasteiger partial charge in [0.05, 0.1) is 26.0 Å². The highest BCUT2D eigenvalue weighted by Crippen LogP contribution is 2.23. The van der Waals surface area contributed by atoms with Crippen molar-refractivity contribution >= 4 is 16.7 Å². The van der Waals surface area contributed by atoms with E-state index < -0.39 is 0 Å². The summed E-state index contributed by atoms with van der Waals surface area (Å²) in [7, 11) is 1.63. The summed E-state index contributed by atoms with van der Waals surface area (Å²) in [5, 5.41) is 1.09. The molecule has 1 aliphatic heterocycles. The minimum absolute atomic E-state index is 0.0378. The fourth-order valence-corrected chi connectivity index (χ4v) is 3.60. The second kappa shape index (κ2) is 7.94. The van der Waals surface area contributed by atoms with Crippen molar-refractivity contribution in [3.8, 4) is 5.75 Å². The maximum atomic E-state index is 13.2. The number of methoxy groups -OCH3 is 1. The first kappa shape index (κ1) is 17.8. The van der Waals surface area contributed by atoms with E-state index in [1.165, 1.54) is 0 Å². The van der Waals surface area contributed by atoms with Gasteiger partial charge in [-0.3, -0.25) is 9.69 Å². The Labute approximate surface area is 159 Å². The second-order valence-electron chi connectivity index (χ2n) is 6.75. The molecule has 2 aromatic carbocycles. The standard InChI is InChI=1S/C22H24N2O3/c1-26-19-8-6-17(7-9-19)22(25)21-16-18-4-2-3-5-20(18)24(21)11-10-23-12-14-27-15-13-23/h2-9,16H,10-15H2,1H3. The SMILES string of the molecule is COc1ccc(C(=O)c2cc3ccccc3n2CCN2CCOCC2)cc1. The highest BCUT2D eigenvalue weighted by Gasteiger charge is 2.18. The van der Waals surface area contributed by atoms with E-state index in [-0.39, 0.29) is 5.78 Å². The predicted octanol–water partition coefficient (Wildman–Crippen LogP) is 3.21. The topological polar surface area (TPSA) is 43.7 Å². The van der Waals surface area contributed by atoms with E-state index in [2.05, 4.69) is 21.6 Å². The van der Waals surface area contributed by atoms with Crippen LogP contribution in [0.25, 0.3) is 10.9 Å². The van der Waals surface area contributed by atoms with Gasteiger partial charge in [-0.05, 0) is 36.4 Å². The summed E-state index contributed by atoms with van der Waals surface area (Å²) >= 11 is 0. The van der Waals surface area contributed by atoms with Gasteiger partial charge >= 0.3 is 0 Å². The zero-order valence-electron chi connectivity index (χ0n) is 15.6. The van der Waals surface area contributed by atoms with E-state index in [4.69, 9.17) is 9.47 Å². The van der Waals surface area contributed by atoms with Gasteiger partial charge in [0.15, 0.2) is 0 Å². The van der Waals surface area contributed by atoms with Gasteiger partial charge in [-0.2, -0.15) is 0 Å². The molecule has 1 aliphatic rings. The zero-order chi connectivity index (χ0) is 18.6. The van der Waals surface area contributed by atoms with Gasteiger partial charge in [0.25, 0.3) is 0 Å². The maximum absolute atomic E-state index is 13.2. The van der Waals surface area contributed by atoms with Gasteiger partial charge in [-0.1, -0.05) is 18.2 Å². The quantitative estimate of drug-likeness (QED) is 0.630. The third kappa shape index (κ3) is 3.75. The fraction of sp³-hybridized carbons (Fsp3) is 0.318. The lowest BCUT2D eigenvalue weighted by molar-refractivity contribution is 0.0364. The Morgan fingerprint density at radius 1 is 1.04 bits per heavy atom. The van der Waals surface area contributed by atoms with E-state index in [1.54, 1.807) is 7.11 Å². The molecule has 0 saturated carbocycles. The van der Waals surface area contributed by atoms with E-state index in [0.29, 0.717) is 5.56 Å². The van der Waals surface area contributed by atoms with Crippen molar-refractivity contribution in [3.63, 3.8) is 0 Å². The Hall–Kier alpha value is -2.63. The lowest BCUT2D eigenvalue weighted by Gasteiger charge is -2.27. The van der Waals surface area contributed by atoms with Crippen LogP contribution in [0.5, 0.6) is 5.75 Å². The smallest absolute Gasteiger partial charge is 0.209 e. The van der Waals surface area contributed by atoms with Crippen LogP contribution in [-0.4, -0.2) is 55.2 Å². The van der Waals surface area contributed by atoms with Crippen LogP contribution in [-0.2, 0) is 11.3 Å². The monoisotopic (exact) mass is 364 g/mol. The van der Waals surface area contributed by atoms with Crippen LogP contribution in [0, 0.1) is 0 Å². The number of hydrogen-bond donors (Lipinski definition) is 0. The van der Waals surface area contributed by atoms with E-state index >= 15 is 0 Å². The van der Waals surface area contributed by atoms with Crippen molar-refractivity contribution in [2.45, 2.75) is 6.54 Å². The Morgan fingerprint density at radius 2 is 1.78 bits per heavy atom. The first-order valence-electron chi connectivity index (χ1n) is 9.33. The minimum Gasteiger partial charge on any atom is -0.497 e. The summed E-state index contributed by atoms with van der Waals surface area (Å²) in [5.74, 6) is 0.787. The van der Waals surface area contributed by atoms with E-state index in [0.717, 1.165) is 61.7 Å². The van der Waals surface area contributed by atoms with E-state index in [1.807, 2.05) is 42.5 Å². The second-order valence-corrected chi connectivity index (χ2v) is 6.75. The van der Waals surface area contributed by atoms with Gasteiger partial charge in [-0.25, -0.2) is 0 Å². The molecule has 0 bridgehead atoms. The number of carbonyl (C=O) groups excluding carboxylic acids is 1. The summed E-state index contributed by atoms with van der Waals surface area (Å²) in [6.07, 6.45) is 0. The molecule has 0 atom stereocenters. The molecule has 2 heterocycles. The Morgan fingerprint density at radius 3 is 2.52 bits per heavy atom. The summed E-state index contributed by atoms with van der Waals surface area (Å²) in [6.45, 7) is 5.14. The van der Waals surface area contributed by atoms with Gasteiger partial charge in [-0.15, -0.1) is 0 Å². The van der Waals surface area contributed by atoms with Crippen molar-refractivity contribution in [2.75, 3.05) is 40.0 Å². The highest BCUT2D eigenvalue weighted by atomic mass is 16.5. The fourth-order valence-electron chi connectivity index (χ4n) is 3.60. The lowest BCUT2D eigenvalue weighted by Crippen LogP contribution is -2.38. The lowest BCUT2D eigenvalue weighted by atomic mass is 10.1. The average Bonchev–Trinajstić information content (AvgIpc) is 3.11. The number of morpholine rings is 1. The van der Waals surface area contributed by atoms with Crippen molar-refractivity contribution < 1.29 is 14.3 Å². The first-order chi connectivity index (χ1) is 13.3. The molecule has 5 nitrogen and oxygen atoms in total. The number of benzene rings is 2. The summed E-state index contributed by atoms with van der Waals surface area (Å²) in [6, 6.07) is 17.5. The summed E-state index contributed by atoms with van der Waals surface area (Å²) < 4.78 is 12.8.